The number of allylic oxidation sites excluding steroid dienone is 1. The van der Waals surface area contributed by atoms with Crippen molar-refractivity contribution in [3.05, 3.63) is 48.0 Å². The molecule has 0 radical (unpaired) electrons. The Morgan fingerprint density at radius 3 is 2.58 bits per heavy atom. The van der Waals surface area contributed by atoms with E-state index >= 15 is 0 Å². The Morgan fingerprint density at radius 2 is 1.95 bits per heavy atom. The van der Waals surface area contributed by atoms with Gasteiger partial charge in [-0.15, -0.1) is 5.54 Å². The molecular weight excluding hydrogens is 252 g/mol. The van der Waals surface area contributed by atoms with Gasteiger partial charge in [0, 0.05) is 0 Å². The third-order valence-corrected chi connectivity index (χ3v) is 3.14. The molecule has 0 bridgehead atoms. The molecular formula is C16H22O2Si. The second kappa shape index (κ2) is 7.95. The molecule has 1 aromatic carbocycles. The van der Waals surface area contributed by atoms with E-state index in [1.165, 1.54) is 0 Å². The van der Waals surface area contributed by atoms with Gasteiger partial charge in [0.1, 0.15) is 8.07 Å². The topological polar surface area (TPSA) is 29.5 Å². The largest absolute Gasteiger partial charge is 0.387 e. The van der Waals surface area contributed by atoms with Crippen molar-refractivity contribution in [3.8, 4) is 11.5 Å². The molecule has 0 saturated carbocycles. The Hall–Kier alpha value is -1.34. The highest BCUT2D eigenvalue weighted by Crippen LogP contribution is 2.01. The van der Waals surface area contributed by atoms with Gasteiger partial charge in [0.25, 0.3) is 0 Å². The van der Waals surface area contributed by atoms with Gasteiger partial charge in [0.15, 0.2) is 0 Å². The lowest BCUT2D eigenvalue weighted by Gasteiger charge is -2.07. The lowest BCUT2D eigenvalue weighted by molar-refractivity contribution is 0.0504. The minimum absolute atomic E-state index is 0.292. The first kappa shape index (κ1) is 15.7. The Labute approximate surface area is 117 Å². The van der Waals surface area contributed by atoms with Gasteiger partial charge in [0.2, 0.25) is 0 Å². The Bertz CT molecular complexity index is 449. The summed E-state index contributed by atoms with van der Waals surface area (Å²) in [5.41, 5.74) is 4.32. The molecule has 0 saturated heterocycles. The third-order valence-electron chi connectivity index (χ3n) is 2.25. The maximum atomic E-state index is 9.69. The van der Waals surface area contributed by atoms with Gasteiger partial charge in [-0.05, 0) is 17.7 Å². The summed E-state index contributed by atoms with van der Waals surface area (Å²) in [6, 6.07) is 9.92. The van der Waals surface area contributed by atoms with E-state index in [0.717, 1.165) is 5.56 Å². The van der Waals surface area contributed by atoms with Crippen LogP contribution in [0.25, 0.3) is 0 Å². The van der Waals surface area contributed by atoms with Crippen molar-refractivity contribution in [3.63, 3.8) is 0 Å². The first-order valence-electron chi connectivity index (χ1n) is 6.46. The standard InChI is InChI=1S/C16H22O2Si/c1-19(2,3)12-8-7-11-16(17)14-18-13-15-9-5-4-6-10-15/h4-7,9-11,16-17H,13-14H2,1-3H3/b11-7+/t16-/m0/s1. The highest BCUT2D eigenvalue weighted by Gasteiger charge is 2.06. The van der Waals surface area contributed by atoms with E-state index in [4.69, 9.17) is 4.74 Å². The average molecular weight is 274 g/mol. The number of benzene rings is 1. The summed E-state index contributed by atoms with van der Waals surface area (Å²) >= 11 is 0. The molecule has 0 fully saturated rings. The Kier molecular flexibility index (Phi) is 6.58. The smallest absolute Gasteiger partial charge is 0.129 e. The van der Waals surface area contributed by atoms with Crippen LogP contribution in [0.15, 0.2) is 42.5 Å². The van der Waals surface area contributed by atoms with Crippen LogP contribution in [0.5, 0.6) is 0 Å². The molecule has 1 N–H and O–H groups in total. The van der Waals surface area contributed by atoms with Crippen molar-refractivity contribution in [1.82, 2.24) is 0 Å². The molecule has 1 rings (SSSR count). The van der Waals surface area contributed by atoms with E-state index in [-0.39, 0.29) is 0 Å². The van der Waals surface area contributed by atoms with Crippen molar-refractivity contribution >= 4 is 8.07 Å². The second-order valence-electron chi connectivity index (χ2n) is 5.45. The van der Waals surface area contributed by atoms with Crippen molar-refractivity contribution < 1.29 is 9.84 Å². The molecule has 0 amide bonds. The summed E-state index contributed by atoms with van der Waals surface area (Å²) in [5, 5.41) is 9.69. The molecule has 0 aliphatic carbocycles. The highest BCUT2D eigenvalue weighted by atomic mass is 28.3. The zero-order valence-electron chi connectivity index (χ0n) is 11.9. The molecule has 0 aliphatic heterocycles. The Balaban J connectivity index is 2.26. The van der Waals surface area contributed by atoms with Crippen molar-refractivity contribution in [1.29, 1.82) is 0 Å². The molecule has 0 heterocycles. The monoisotopic (exact) mass is 274 g/mol. The maximum absolute atomic E-state index is 9.69. The maximum Gasteiger partial charge on any atom is 0.129 e. The molecule has 1 atom stereocenters. The van der Waals surface area contributed by atoms with Gasteiger partial charge in [-0.3, -0.25) is 0 Å². The second-order valence-corrected chi connectivity index (χ2v) is 10.2. The minimum Gasteiger partial charge on any atom is -0.387 e. The number of aliphatic hydroxyl groups excluding tert-OH is 1. The van der Waals surface area contributed by atoms with Crippen LogP contribution in [0.2, 0.25) is 19.6 Å². The van der Waals surface area contributed by atoms with Crippen LogP contribution >= 0.6 is 0 Å². The van der Waals surface area contributed by atoms with Crippen molar-refractivity contribution in [2.75, 3.05) is 6.61 Å². The summed E-state index contributed by atoms with van der Waals surface area (Å²) in [6.07, 6.45) is 2.80. The quantitative estimate of drug-likeness (QED) is 0.660. The van der Waals surface area contributed by atoms with Gasteiger partial charge < -0.3 is 9.84 Å². The lowest BCUT2D eigenvalue weighted by Crippen LogP contribution is -2.16. The van der Waals surface area contributed by atoms with Gasteiger partial charge in [0.05, 0.1) is 19.3 Å². The lowest BCUT2D eigenvalue weighted by atomic mass is 10.2. The van der Waals surface area contributed by atoms with E-state index in [2.05, 4.69) is 31.1 Å². The fourth-order valence-corrected chi connectivity index (χ4v) is 1.86. The number of rotatable bonds is 5. The summed E-state index contributed by atoms with van der Waals surface area (Å²) in [6.45, 7) is 7.38. The van der Waals surface area contributed by atoms with Crippen LogP contribution in [0.1, 0.15) is 5.56 Å². The van der Waals surface area contributed by atoms with Crippen LogP contribution in [0, 0.1) is 11.5 Å². The van der Waals surface area contributed by atoms with Crippen LogP contribution in [0.3, 0.4) is 0 Å². The van der Waals surface area contributed by atoms with Crippen LogP contribution in [-0.2, 0) is 11.3 Å². The zero-order valence-corrected chi connectivity index (χ0v) is 12.9. The van der Waals surface area contributed by atoms with Crippen molar-refractivity contribution in [2.24, 2.45) is 0 Å². The number of aliphatic hydroxyl groups is 1. The van der Waals surface area contributed by atoms with E-state index in [1.807, 2.05) is 30.3 Å². The SMILES string of the molecule is C[Si](C)(C)C#C/C=C/[C@H](O)COCc1ccccc1. The number of hydrogen-bond acceptors (Lipinski definition) is 2. The molecule has 0 spiro atoms. The molecule has 102 valence electrons. The predicted octanol–water partition coefficient (Wildman–Crippen LogP) is 3.00. The molecule has 1 aromatic rings. The van der Waals surface area contributed by atoms with E-state index in [9.17, 15) is 5.11 Å². The fourth-order valence-electron chi connectivity index (χ4n) is 1.34. The normalized spacial score (nSPS) is 13.1. The van der Waals surface area contributed by atoms with E-state index < -0.39 is 14.2 Å². The predicted molar refractivity (Wildman–Crippen MR) is 82.4 cm³/mol. The molecule has 19 heavy (non-hydrogen) atoms. The third kappa shape index (κ3) is 8.39. The molecule has 0 aromatic heterocycles. The zero-order chi connectivity index (χ0) is 14.1. The first-order chi connectivity index (χ1) is 8.97. The molecule has 0 unspecified atom stereocenters. The summed E-state index contributed by atoms with van der Waals surface area (Å²) < 4.78 is 5.44. The van der Waals surface area contributed by atoms with Crippen LogP contribution in [-0.4, -0.2) is 25.9 Å². The van der Waals surface area contributed by atoms with Gasteiger partial charge >= 0.3 is 0 Å². The van der Waals surface area contributed by atoms with Crippen LogP contribution < -0.4 is 0 Å². The molecule has 2 nitrogen and oxygen atoms in total. The van der Waals surface area contributed by atoms with Crippen LogP contribution in [0.4, 0.5) is 0 Å². The number of ether oxygens (including phenoxy) is 1. The molecule has 3 heteroatoms. The van der Waals surface area contributed by atoms with Gasteiger partial charge in [-0.25, -0.2) is 0 Å². The summed E-state index contributed by atoms with van der Waals surface area (Å²) in [4.78, 5) is 0. The minimum atomic E-state index is -1.32. The van der Waals surface area contributed by atoms with Gasteiger partial charge in [-0.1, -0.05) is 55.9 Å². The first-order valence-corrected chi connectivity index (χ1v) is 9.96. The summed E-state index contributed by atoms with van der Waals surface area (Å²) in [5.74, 6) is 2.98. The van der Waals surface area contributed by atoms with E-state index in [1.54, 1.807) is 12.2 Å². The highest BCUT2D eigenvalue weighted by molar-refractivity contribution is 6.83. The van der Waals surface area contributed by atoms with Gasteiger partial charge in [-0.2, -0.15) is 0 Å². The number of hydrogen-bond donors (Lipinski definition) is 1. The average Bonchev–Trinajstić information content (AvgIpc) is 2.35. The molecule has 0 aliphatic rings. The van der Waals surface area contributed by atoms with Crippen molar-refractivity contribution in [2.45, 2.75) is 32.4 Å². The Morgan fingerprint density at radius 1 is 1.26 bits per heavy atom. The fraction of sp³-hybridized carbons (Fsp3) is 0.375. The summed E-state index contributed by atoms with van der Waals surface area (Å²) in [7, 11) is -1.32. The van der Waals surface area contributed by atoms with E-state index in [0.29, 0.717) is 13.2 Å².